The molecule has 2 aromatic heterocycles. The van der Waals surface area contributed by atoms with Gasteiger partial charge in [0, 0.05) is 28.4 Å². The maximum Gasteiger partial charge on any atom is 0.163 e. The number of nitrogens with two attached hydrogens (primary N) is 1. The van der Waals surface area contributed by atoms with Crippen LogP contribution in [0.1, 0.15) is 0 Å². The first-order chi connectivity index (χ1) is 11.7. The molecule has 2 N–H and O–H groups in total. The summed E-state index contributed by atoms with van der Waals surface area (Å²) in [6.45, 7) is 0. The van der Waals surface area contributed by atoms with Crippen LogP contribution in [0, 0.1) is 0 Å². The molecule has 0 saturated heterocycles. The van der Waals surface area contributed by atoms with Crippen LogP contribution < -0.4 is 5.73 Å². The minimum atomic E-state index is 0.453. The third kappa shape index (κ3) is 2.68. The smallest absolute Gasteiger partial charge is 0.163 e. The van der Waals surface area contributed by atoms with Gasteiger partial charge >= 0.3 is 0 Å². The van der Waals surface area contributed by atoms with Gasteiger partial charge in [0.1, 0.15) is 5.82 Å². The zero-order valence-corrected chi connectivity index (χ0v) is 13.4. The van der Waals surface area contributed by atoms with Gasteiger partial charge in [0.25, 0.3) is 0 Å². The van der Waals surface area contributed by atoms with Crippen molar-refractivity contribution in [2.45, 2.75) is 0 Å². The van der Waals surface area contributed by atoms with E-state index in [1.165, 1.54) is 0 Å². The zero-order valence-electron chi connectivity index (χ0n) is 12.6. The molecule has 0 radical (unpaired) electrons. The molecule has 4 aromatic rings. The van der Waals surface area contributed by atoms with Crippen molar-refractivity contribution in [3.63, 3.8) is 0 Å². The number of halogens is 1. The van der Waals surface area contributed by atoms with Crippen LogP contribution >= 0.6 is 11.6 Å². The molecule has 0 aliphatic heterocycles. The molecule has 2 aromatic carbocycles. The molecule has 2 heterocycles. The van der Waals surface area contributed by atoms with E-state index >= 15 is 0 Å². The molecular weight excluding hydrogens is 320 g/mol. The van der Waals surface area contributed by atoms with Crippen LogP contribution in [-0.4, -0.2) is 15.0 Å². The van der Waals surface area contributed by atoms with Gasteiger partial charge in [-0.05, 0) is 47.5 Å². The van der Waals surface area contributed by atoms with Gasteiger partial charge in [-0.15, -0.1) is 0 Å². The summed E-state index contributed by atoms with van der Waals surface area (Å²) in [6.07, 6.45) is 3.44. The van der Waals surface area contributed by atoms with Gasteiger partial charge in [0.05, 0.1) is 5.52 Å². The molecule has 0 fully saturated rings. The molecule has 0 unspecified atom stereocenters. The fourth-order valence-electron chi connectivity index (χ4n) is 2.60. The summed E-state index contributed by atoms with van der Waals surface area (Å²) >= 11 is 5.95. The van der Waals surface area contributed by atoms with Gasteiger partial charge in [-0.3, -0.25) is 4.98 Å². The number of benzene rings is 2. The molecule has 0 spiro atoms. The average Bonchev–Trinajstić information content (AvgIpc) is 2.63. The normalized spacial score (nSPS) is 10.9. The molecule has 0 aliphatic rings. The van der Waals surface area contributed by atoms with E-state index in [9.17, 15) is 0 Å². The van der Waals surface area contributed by atoms with Crippen LogP contribution in [0.25, 0.3) is 33.4 Å². The minimum absolute atomic E-state index is 0.453. The second-order valence-corrected chi connectivity index (χ2v) is 5.85. The highest BCUT2D eigenvalue weighted by Crippen LogP contribution is 2.28. The highest BCUT2D eigenvalue weighted by Gasteiger charge is 2.09. The maximum absolute atomic E-state index is 6.17. The van der Waals surface area contributed by atoms with Gasteiger partial charge in [0.2, 0.25) is 0 Å². The van der Waals surface area contributed by atoms with Crippen LogP contribution in [0.2, 0.25) is 5.02 Å². The minimum Gasteiger partial charge on any atom is -0.383 e. The molecule has 116 valence electrons. The summed E-state index contributed by atoms with van der Waals surface area (Å²) in [5.41, 5.74) is 9.93. The first-order valence-electron chi connectivity index (χ1n) is 7.44. The van der Waals surface area contributed by atoms with E-state index in [0.717, 1.165) is 27.6 Å². The lowest BCUT2D eigenvalue weighted by Gasteiger charge is -2.08. The lowest BCUT2D eigenvalue weighted by molar-refractivity contribution is 1.21. The molecule has 4 rings (SSSR count). The van der Waals surface area contributed by atoms with E-state index in [4.69, 9.17) is 17.3 Å². The van der Waals surface area contributed by atoms with Crippen LogP contribution in [0.3, 0.4) is 0 Å². The van der Waals surface area contributed by atoms with Crippen molar-refractivity contribution in [3.05, 3.63) is 72.0 Å². The van der Waals surface area contributed by atoms with Crippen LogP contribution in [0.4, 0.5) is 5.82 Å². The highest BCUT2D eigenvalue weighted by atomic mass is 35.5. The zero-order chi connectivity index (χ0) is 16.5. The SMILES string of the molecule is Nc1nc(-c2cccnc2)nc2ccc(-c3ccc(Cl)cc3)cc12. The van der Waals surface area contributed by atoms with Crippen molar-refractivity contribution in [1.29, 1.82) is 0 Å². The second kappa shape index (κ2) is 5.91. The van der Waals surface area contributed by atoms with Gasteiger partial charge in [-0.2, -0.15) is 0 Å². The van der Waals surface area contributed by atoms with Gasteiger partial charge in [-0.1, -0.05) is 29.8 Å². The molecule has 0 atom stereocenters. The van der Waals surface area contributed by atoms with Crippen molar-refractivity contribution in [3.8, 4) is 22.5 Å². The Labute approximate surface area is 144 Å². The third-order valence-corrected chi connectivity index (χ3v) is 4.07. The first kappa shape index (κ1) is 14.6. The monoisotopic (exact) mass is 332 g/mol. The number of pyridine rings is 1. The Kier molecular flexibility index (Phi) is 3.59. The summed E-state index contributed by atoms with van der Waals surface area (Å²) in [4.78, 5) is 13.1. The number of nitrogen functional groups attached to an aromatic ring is 1. The van der Waals surface area contributed by atoms with Crippen molar-refractivity contribution in [2.75, 3.05) is 5.73 Å². The Morgan fingerprint density at radius 2 is 1.62 bits per heavy atom. The van der Waals surface area contributed by atoms with E-state index in [0.29, 0.717) is 16.7 Å². The number of fused-ring (bicyclic) bond motifs is 1. The van der Waals surface area contributed by atoms with Crippen molar-refractivity contribution < 1.29 is 0 Å². The predicted molar refractivity (Wildman–Crippen MR) is 97.6 cm³/mol. The fourth-order valence-corrected chi connectivity index (χ4v) is 2.72. The number of hydrogen-bond acceptors (Lipinski definition) is 4. The van der Waals surface area contributed by atoms with E-state index in [1.54, 1.807) is 12.4 Å². The Morgan fingerprint density at radius 1 is 0.833 bits per heavy atom. The average molecular weight is 333 g/mol. The molecule has 4 nitrogen and oxygen atoms in total. The Hall–Kier alpha value is -2.98. The van der Waals surface area contributed by atoms with Crippen molar-refractivity contribution >= 4 is 28.3 Å². The number of nitrogens with zero attached hydrogens (tertiary/aromatic N) is 3. The first-order valence-corrected chi connectivity index (χ1v) is 7.82. The Balaban J connectivity index is 1.84. The fraction of sp³-hybridized carbons (Fsp3) is 0. The molecule has 0 saturated carbocycles. The van der Waals surface area contributed by atoms with Gasteiger partial charge < -0.3 is 5.73 Å². The second-order valence-electron chi connectivity index (χ2n) is 5.41. The van der Waals surface area contributed by atoms with E-state index in [2.05, 4.69) is 15.0 Å². The maximum atomic E-state index is 6.17. The summed E-state index contributed by atoms with van der Waals surface area (Å²) < 4.78 is 0. The van der Waals surface area contributed by atoms with E-state index in [1.807, 2.05) is 54.6 Å². The summed E-state index contributed by atoms with van der Waals surface area (Å²) in [5, 5.41) is 1.54. The van der Waals surface area contributed by atoms with E-state index in [-0.39, 0.29) is 0 Å². The van der Waals surface area contributed by atoms with Crippen LogP contribution in [0.5, 0.6) is 0 Å². The van der Waals surface area contributed by atoms with Crippen molar-refractivity contribution in [1.82, 2.24) is 15.0 Å². The largest absolute Gasteiger partial charge is 0.383 e. The van der Waals surface area contributed by atoms with Crippen LogP contribution in [0.15, 0.2) is 67.0 Å². The Morgan fingerprint density at radius 3 is 2.38 bits per heavy atom. The molecular formula is C19H13ClN4. The molecule has 24 heavy (non-hydrogen) atoms. The number of rotatable bonds is 2. The molecule has 0 aliphatic carbocycles. The lowest BCUT2D eigenvalue weighted by Crippen LogP contribution is -1.98. The summed E-state index contributed by atoms with van der Waals surface area (Å²) in [6, 6.07) is 17.4. The number of hydrogen-bond donors (Lipinski definition) is 1. The lowest BCUT2D eigenvalue weighted by atomic mass is 10.0. The van der Waals surface area contributed by atoms with Gasteiger partial charge in [-0.25, -0.2) is 9.97 Å². The van der Waals surface area contributed by atoms with E-state index < -0.39 is 0 Å². The predicted octanol–water partition coefficient (Wildman–Crippen LogP) is 4.59. The van der Waals surface area contributed by atoms with Crippen molar-refractivity contribution in [2.24, 2.45) is 0 Å². The summed E-state index contributed by atoms with van der Waals surface area (Å²) in [5.74, 6) is 1.03. The third-order valence-electron chi connectivity index (χ3n) is 3.82. The van der Waals surface area contributed by atoms with Crippen LogP contribution in [-0.2, 0) is 0 Å². The highest BCUT2D eigenvalue weighted by molar-refractivity contribution is 6.30. The quantitative estimate of drug-likeness (QED) is 0.583. The molecule has 0 amide bonds. The standard InChI is InChI=1S/C19H13ClN4/c20-15-6-3-12(4-7-15)13-5-8-17-16(10-13)18(21)24-19(23-17)14-2-1-9-22-11-14/h1-11H,(H2,21,23,24). The molecule has 0 bridgehead atoms. The Bertz CT molecular complexity index is 1010. The number of aromatic nitrogens is 3. The number of anilines is 1. The summed E-state index contributed by atoms with van der Waals surface area (Å²) in [7, 11) is 0. The van der Waals surface area contributed by atoms with Gasteiger partial charge in [0.15, 0.2) is 5.82 Å². The molecule has 5 heteroatoms. The topological polar surface area (TPSA) is 64.7 Å².